The van der Waals surface area contributed by atoms with Gasteiger partial charge in [-0.2, -0.15) is 5.10 Å². The quantitative estimate of drug-likeness (QED) is 0.873. The van der Waals surface area contributed by atoms with Crippen molar-refractivity contribution in [2.45, 2.75) is 20.1 Å². The summed E-state index contributed by atoms with van der Waals surface area (Å²) in [5.41, 5.74) is 8.41. The highest BCUT2D eigenvalue weighted by Crippen LogP contribution is 2.35. The van der Waals surface area contributed by atoms with Gasteiger partial charge in [-0.15, -0.1) is 0 Å². The molecule has 21 heavy (non-hydrogen) atoms. The van der Waals surface area contributed by atoms with Gasteiger partial charge < -0.3 is 15.2 Å². The number of ether oxygens (including phenoxy) is 2. The van der Waals surface area contributed by atoms with Crippen molar-refractivity contribution in [1.29, 1.82) is 0 Å². The van der Waals surface area contributed by atoms with E-state index in [2.05, 4.69) is 21.0 Å². The van der Waals surface area contributed by atoms with Gasteiger partial charge in [0.15, 0.2) is 11.5 Å². The van der Waals surface area contributed by atoms with Gasteiger partial charge >= 0.3 is 0 Å². The van der Waals surface area contributed by atoms with Crippen LogP contribution in [0.4, 0.5) is 0 Å². The van der Waals surface area contributed by atoms with Crippen LogP contribution < -0.4 is 15.2 Å². The number of nitrogens with two attached hydrogens (primary N) is 1. The normalized spacial score (nSPS) is 10.8. The minimum Gasteiger partial charge on any atom is -0.493 e. The van der Waals surface area contributed by atoms with E-state index in [0.29, 0.717) is 29.7 Å². The first-order chi connectivity index (χ1) is 9.97. The van der Waals surface area contributed by atoms with Crippen LogP contribution in [0, 0.1) is 6.92 Å². The third kappa shape index (κ3) is 3.33. The van der Waals surface area contributed by atoms with E-state index in [4.69, 9.17) is 26.8 Å². The molecule has 1 aromatic heterocycles. The molecule has 0 fully saturated rings. The van der Waals surface area contributed by atoms with Gasteiger partial charge in [-0.1, -0.05) is 11.6 Å². The van der Waals surface area contributed by atoms with Gasteiger partial charge in [0.1, 0.15) is 6.61 Å². The molecule has 0 radical (unpaired) electrons. The highest BCUT2D eigenvalue weighted by atomic mass is 79.9. The van der Waals surface area contributed by atoms with Gasteiger partial charge in [0, 0.05) is 30.2 Å². The number of aryl methyl sites for hydroxylation is 2. The molecule has 0 unspecified atom stereocenters. The first-order valence-electron chi connectivity index (χ1n) is 6.35. The number of aromatic nitrogens is 2. The maximum absolute atomic E-state index is 6.04. The zero-order valence-corrected chi connectivity index (χ0v) is 14.5. The molecular weight excluding hydrogens is 358 g/mol. The molecule has 5 nitrogen and oxygen atoms in total. The van der Waals surface area contributed by atoms with Gasteiger partial charge in [0.25, 0.3) is 0 Å². The molecule has 0 saturated carbocycles. The van der Waals surface area contributed by atoms with Crippen LogP contribution >= 0.6 is 27.5 Å². The highest BCUT2D eigenvalue weighted by Gasteiger charge is 2.15. The van der Waals surface area contributed by atoms with Crippen molar-refractivity contribution in [3.8, 4) is 11.5 Å². The lowest BCUT2D eigenvalue weighted by Gasteiger charge is -2.15. The van der Waals surface area contributed by atoms with Crippen LogP contribution in [0.25, 0.3) is 0 Å². The first kappa shape index (κ1) is 16.1. The molecule has 7 heteroatoms. The molecule has 1 aromatic carbocycles. The minimum atomic E-state index is 0.317. The average molecular weight is 375 g/mol. The predicted molar refractivity (Wildman–Crippen MR) is 85.9 cm³/mol. The van der Waals surface area contributed by atoms with Crippen molar-refractivity contribution in [3.63, 3.8) is 0 Å². The molecule has 0 bridgehead atoms. The molecule has 0 atom stereocenters. The summed E-state index contributed by atoms with van der Waals surface area (Å²) in [4.78, 5) is 0. The maximum Gasteiger partial charge on any atom is 0.166 e. The van der Waals surface area contributed by atoms with Crippen molar-refractivity contribution in [2.24, 2.45) is 12.8 Å². The monoisotopic (exact) mass is 373 g/mol. The van der Waals surface area contributed by atoms with E-state index < -0.39 is 0 Å². The number of hydrogen-bond donors (Lipinski definition) is 1. The summed E-state index contributed by atoms with van der Waals surface area (Å²) >= 11 is 9.55. The van der Waals surface area contributed by atoms with Gasteiger partial charge in [-0.05, 0) is 28.9 Å². The Labute approximate surface area is 137 Å². The minimum absolute atomic E-state index is 0.317. The van der Waals surface area contributed by atoms with E-state index in [1.165, 1.54) is 0 Å². The van der Waals surface area contributed by atoms with Crippen LogP contribution in [-0.4, -0.2) is 16.9 Å². The number of hydrogen-bond acceptors (Lipinski definition) is 4. The Morgan fingerprint density at radius 2 is 2.14 bits per heavy atom. The fraction of sp³-hybridized carbons (Fsp3) is 0.357. The van der Waals surface area contributed by atoms with Crippen LogP contribution in [-0.2, 0) is 20.2 Å². The SMILES string of the molecule is COc1cc(Cl)cc(CN)c1OCc1c(Br)c(C)nn1C. The molecule has 1 heterocycles. The predicted octanol–water partition coefficient (Wildman–Crippen LogP) is 3.19. The molecule has 0 aliphatic rings. The second-order valence-electron chi connectivity index (χ2n) is 4.56. The summed E-state index contributed by atoms with van der Waals surface area (Å²) in [5.74, 6) is 1.17. The van der Waals surface area contributed by atoms with E-state index >= 15 is 0 Å². The molecule has 0 aliphatic carbocycles. The van der Waals surface area contributed by atoms with Crippen LogP contribution in [0.15, 0.2) is 16.6 Å². The van der Waals surface area contributed by atoms with Crippen molar-refractivity contribution in [1.82, 2.24) is 9.78 Å². The summed E-state index contributed by atoms with van der Waals surface area (Å²) in [6, 6.07) is 3.49. The van der Waals surface area contributed by atoms with Crippen molar-refractivity contribution < 1.29 is 9.47 Å². The standard InChI is InChI=1S/C14H17BrClN3O2/c1-8-13(15)11(19(2)18-8)7-21-14-9(6-17)4-10(16)5-12(14)20-3/h4-5H,6-7,17H2,1-3H3. The van der Waals surface area contributed by atoms with E-state index in [-0.39, 0.29) is 0 Å². The van der Waals surface area contributed by atoms with Crippen LogP contribution in [0.1, 0.15) is 17.0 Å². The van der Waals surface area contributed by atoms with Crippen molar-refractivity contribution in [3.05, 3.63) is 38.6 Å². The number of benzene rings is 1. The molecular formula is C14H17BrClN3O2. The lowest BCUT2D eigenvalue weighted by Crippen LogP contribution is -2.07. The Morgan fingerprint density at radius 3 is 2.67 bits per heavy atom. The molecule has 114 valence electrons. The van der Waals surface area contributed by atoms with Gasteiger partial charge in [0.05, 0.1) is 23.0 Å². The summed E-state index contributed by atoms with van der Waals surface area (Å²) < 4.78 is 14.0. The number of rotatable bonds is 5. The Balaban J connectivity index is 2.31. The second kappa shape index (κ2) is 6.68. The summed E-state index contributed by atoms with van der Waals surface area (Å²) in [7, 11) is 3.45. The Morgan fingerprint density at radius 1 is 1.43 bits per heavy atom. The van der Waals surface area contributed by atoms with Gasteiger partial charge in [-0.3, -0.25) is 4.68 Å². The maximum atomic E-state index is 6.04. The van der Waals surface area contributed by atoms with Crippen molar-refractivity contribution in [2.75, 3.05) is 7.11 Å². The van der Waals surface area contributed by atoms with E-state index in [1.54, 1.807) is 23.9 Å². The van der Waals surface area contributed by atoms with E-state index in [1.807, 2.05) is 14.0 Å². The number of nitrogens with zero attached hydrogens (tertiary/aromatic N) is 2. The average Bonchev–Trinajstić information content (AvgIpc) is 2.70. The molecule has 0 amide bonds. The summed E-state index contributed by atoms with van der Waals surface area (Å²) in [6.07, 6.45) is 0. The summed E-state index contributed by atoms with van der Waals surface area (Å²) in [6.45, 7) is 2.60. The van der Waals surface area contributed by atoms with Crippen LogP contribution in [0.5, 0.6) is 11.5 Å². The summed E-state index contributed by atoms with van der Waals surface area (Å²) in [5, 5.41) is 4.90. The zero-order valence-electron chi connectivity index (χ0n) is 12.1. The Kier molecular flexibility index (Phi) is 5.13. The Hall–Kier alpha value is -1.24. The zero-order chi connectivity index (χ0) is 15.6. The molecule has 0 spiro atoms. The fourth-order valence-electron chi connectivity index (χ4n) is 2.07. The number of methoxy groups -OCH3 is 1. The van der Waals surface area contributed by atoms with Gasteiger partial charge in [0.2, 0.25) is 0 Å². The molecule has 0 saturated heterocycles. The van der Waals surface area contributed by atoms with Crippen LogP contribution in [0.3, 0.4) is 0 Å². The third-order valence-electron chi connectivity index (χ3n) is 3.15. The highest BCUT2D eigenvalue weighted by molar-refractivity contribution is 9.10. The van der Waals surface area contributed by atoms with Crippen molar-refractivity contribution >= 4 is 27.5 Å². The van der Waals surface area contributed by atoms with E-state index in [0.717, 1.165) is 21.4 Å². The fourth-order valence-corrected chi connectivity index (χ4v) is 2.75. The third-order valence-corrected chi connectivity index (χ3v) is 4.40. The number of halogens is 2. The lowest BCUT2D eigenvalue weighted by molar-refractivity contribution is 0.272. The van der Waals surface area contributed by atoms with Gasteiger partial charge in [-0.25, -0.2) is 0 Å². The molecule has 2 rings (SSSR count). The lowest BCUT2D eigenvalue weighted by atomic mass is 10.2. The topological polar surface area (TPSA) is 62.3 Å². The Bertz CT molecular complexity index is 633. The molecule has 0 aliphatic heterocycles. The first-order valence-corrected chi connectivity index (χ1v) is 7.52. The molecule has 2 N–H and O–H groups in total. The molecule has 2 aromatic rings. The van der Waals surface area contributed by atoms with Crippen LogP contribution in [0.2, 0.25) is 5.02 Å². The smallest absolute Gasteiger partial charge is 0.166 e. The van der Waals surface area contributed by atoms with E-state index in [9.17, 15) is 0 Å². The second-order valence-corrected chi connectivity index (χ2v) is 5.79. The largest absolute Gasteiger partial charge is 0.493 e.